The second kappa shape index (κ2) is 6.97. The van der Waals surface area contributed by atoms with Crippen LogP contribution in [0.1, 0.15) is 39.1 Å². The van der Waals surface area contributed by atoms with Crippen LogP contribution in [0, 0.1) is 6.92 Å². The molecule has 0 aliphatic carbocycles. The van der Waals surface area contributed by atoms with Crippen molar-refractivity contribution in [3.8, 4) is 0 Å². The van der Waals surface area contributed by atoms with E-state index in [0.717, 1.165) is 35.1 Å². The van der Waals surface area contributed by atoms with Gasteiger partial charge in [0, 0.05) is 29.5 Å². The van der Waals surface area contributed by atoms with E-state index < -0.39 is 0 Å². The van der Waals surface area contributed by atoms with Gasteiger partial charge >= 0.3 is 0 Å². The van der Waals surface area contributed by atoms with E-state index in [1.807, 2.05) is 23.4 Å². The van der Waals surface area contributed by atoms with Crippen LogP contribution in [-0.4, -0.2) is 26.3 Å². The summed E-state index contributed by atoms with van der Waals surface area (Å²) in [6.45, 7) is 11.5. The lowest BCUT2D eigenvalue weighted by atomic mass is 10.2. The number of thioether (sulfide) groups is 1. The monoisotopic (exact) mass is 304 g/mol. The molecule has 4 nitrogen and oxygen atoms in total. The highest BCUT2D eigenvalue weighted by atomic mass is 35.5. The van der Waals surface area contributed by atoms with Gasteiger partial charge in [-0.25, -0.2) is 0 Å². The summed E-state index contributed by atoms with van der Waals surface area (Å²) in [5.41, 5.74) is 4.85. The number of aromatic nitrogens is 2. The van der Waals surface area contributed by atoms with Gasteiger partial charge in [0.1, 0.15) is 0 Å². The lowest BCUT2D eigenvalue weighted by molar-refractivity contribution is 0.533. The molecule has 1 aromatic heterocycles. The van der Waals surface area contributed by atoms with Gasteiger partial charge in [-0.1, -0.05) is 32.4 Å². The van der Waals surface area contributed by atoms with E-state index >= 15 is 0 Å². The molecule has 0 saturated carbocycles. The Hall–Kier alpha value is -0.230. The van der Waals surface area contributed by atoms with Crippen molar-refractivity contribution in [2.75, 3.05) is 5.75 Å². The predicted octanol–water partition coefficient (Wildman–Crippen LogP) is 2.77. The minimum atomic E-state index is 0.197. The lowest BCUT2D eigenvalue weighted by Crippen LogP contribution is -2.40. The Labute approximate surface area is 125 Å². The summed E-state index contributed by atoms with van der Waals surface area (Å²) in [6, 6.07) is 0.197. The minimum absolute atomic E-state index is 0.197. The minimum Gasteiger partial charge on any atom is -0.271 e. The van der Waals surface area contributed by atoms with Crippen LogP contribution in [-0.2, 0) is 13.0 Å². The third-order valence-electron chi connectivity index (χ3n) is 2.85. The number of nitrogens with zero attached hydrogens (tertiary/aromatic N) is 2. The first-order valence-corrected chi connectivity index (χ1v) is 7.96. The molecule has 19 heavy (non-hydrogen) atoms. The third kappa shape index (κ3) is 4.99. The number of hydrazine groups is 1. The fourth-order valence-electron chi connectivity index (χ4n) is 1.81. The highest BCUT2D eigenvalue weighted by Gasteiger charge is 2.19. The molecule has 110 valence electrons. The summed E-state index contributed by atoms with van der Waals surface area (Å²) < 4.78 is 2.20. The Morgan fingerprint density at radius 1 is 1.47 bits per heavy atom. The number of hydrogen-bond acceptors (Lipinski definition) is 4. The average Bonchev–Trinajstić information content (AvgIpc) is 2.60. The number of nitrogens with one attached hydrogen (secondary N) is 1. The maximum atomic E-state index is 6.33. The van der Waals surface area contributed by atoms with Gasteiger partial charge in [-0.3, -0.25) is 16.0 Å². The molecule has 0 aliphatic rings. The molecule has 0 spiro atoms. The standard InChI is InChI=1S/C13H25ClN4S/c1-6-18-11(12(14)9(2)17-18)7-10(16-15)8-19-13(3,4)5/h10,16H,6-8,15H2,1-5H3. The van der Waals surface area contributed by atoms with Crippen LogP contribution in [0.5, 0.6) is 0 Å². The zero-order valence-electron chi connectivity index (χ0n) is 12.5. The zero-order chi connectivity index (χ0) is 14.6. The fraction of sp³-hybridized carbons (Fsp3) is 0.769. The van der Waals surface area contributed by atoms with Crippen molar-refractivity contribution in [1.29, 1.82) is 0 Å². The van der Waals surface area contributed by atoms with Crippen LogP contribution < -0.4 is 11.3 Å². The molecule has 3 N–H and O–H groups in total. The Bertz CT molecular complexity index is 412. The maximum Gasteiger partial charge on any atom is 0.0847 e. The maximum absolute atomic E-state index is 6.33. The van der Waals surface area contributed by atoms with Crippen LogP contribution in [0.3, 0.4) is 0 Å². The van der Waals surface area contributed by atoms with Gasteiger partial charge in [-0.05, 0) is 13.8 Å². The molecule has 1 heterocycles. The van der Waals surface area contributed by atoms with E-state index in [4.69, 9.17) is 17.4 Å². The summed E-state index contributed by atoms with van der Waals surface area (Å²) in [6.07, 6.45) is 0.799. The first-order valence-electron chi connectivity index (χ1n) is 6.60. The Kier molecular flexibility index (Phi) is 6.17. The number of aryl methyl sites for hydroxylation is 2. The van der Waals surface area contributed by atoms with E-state index in [1.54, 1.807) is 0 Å². The van der Waals surface area contributed by atoms with E-state index in [2.05, 4.69) is 38.2 Å². The fourth-order valence-corrected chi connectivity index (χ4v) is 2.94. The van der Waals surface area contributed by atoms with Crippen molar-refractivity contribution >= 4 is 23.4 Å². The van der Waals surface area contributed by atoms with Gasteiger partial charge in [0.25, 0.3) is 0 Å². The third-order valence-corrected chi connectivity index (χ3v) is 4.77. The molecule has 1 unspecified atom stereocenters. The van der Waals surface area contributed by atoms with Gasteiger partial charge in [-0.15, -0.1) is 0 Å². The first kappa shape index (κ1) is 16.8. The summed E-state index contributed by atoms with van der Waals surface area (Å²) in [4.78, 5) is 0. The number of halogens is 1. The Balaban J connectivity index is 2.75. The lowest BCUT2D eigenvalue weighted by Gasteiger charge is -2.22. The summed E-state index contributed by atoms with van der Waals surface area (Å²) in [7, 11) is 0. The molecule has 0 aliphatic heterocycles. The van der Waals surface area contributed by atoms with Crippen molar-refractivity contribution in [2.45, 2.75) is 58.4 Å². The van der Waals surface area contributed by atoms with Crippen molar-refractivity contribution in [2.24, 2.45) is 5.84 Å². The molecule has 0 bridgehead atoms. The molecule has 1 aromatic rings. The predicted molar refractivity (Wildman–Crippen MR) is 84.7 cm³/mol. The number of hydrogen-bond donors (Lipinski definition) is 2. The van der Waals surface area contributed by atoms with Gasteiger partial charge < -0.3 is 0 Å². The molecule has 0 radical (unpaired) electrons. The van der Waals surface area contributed by atoms with E-state index in [-0.39, 0.29) is 10.8 Å². The van der Waals surface area contributed by atoms with E-state index in [0.29, 0.717) is 0 Å². The Morgan fingerprint density at radius 3 is 2.58 bits per heavy atom. The second-order valence-corrected chi connectivity index (χ2v) is 7.88. The van der Waals surface area contributed by atoms with Crippen LogP contribution in [0.4, 0.5) is 0 Å². The van der Waals surface area contributed by atoms with Crippen LogP contribution in [0.25, 0.3) is 0 Å². The smallest absolute Gasteiger partial charge is 0.0847 e. The molecule has 1 rings (SSSR count). The number of rotatable bonds is 6. The van der Waals surface area contributed by atoms with Crippen LogP contribution in [0.15, 0.2) is 0 Å². The SMILES string of the molecule is CCn1nc(C)c(Cl)c1CC(CSC(C)(C)C)NN. The van der Waals surface area contributed by atoms with Crippen molar-refractivity contribution in [3.05, 3.63) is 16.4 Å². The van der Waals surface area contributed by atoms with Crippen LogP contribution >= 0.6 is 23.4 Å². The molecule has 0 saturated heterocycles. The number of nitrogens with two attached hydrogens (primary N) is 1. The molecule has 1 atom stereocenters. The first-order chi connectivity index (χ1) is 8.78. The van der Waals surface area contributed by atoms with Gasteiger partial charge in [0.05, 0.1) is 16.4 Å². The quantitative estimate of drug-likeness (QED) is 0.627. The second-order valence-electron chi connectivity index (χ2n) is 5.65. The van der Waals surface area contributed by atoms with Gasteiger partial charge in [0.2, 0.25) is 0 Å². The average molecular weight is 305 g/mol. The topological polar surface area (TPSA) is 55.9 Å². The highest BCUT2D eigenvalue weighted by Crippen LogP contribution is 2.26. The van der Waals surface area contributed by atoms with E-state index in [9.17, 15) is 0 Å². The molecular formula is C13H25ClN4S. The molecule has 0 fully saturated rings. The van der Waals surface area contributed by atoms with Crippen molar-refractivity contribution < 1.29 is 0 Å². The van der Waals surface area contributed by atoms with Gasteiger partial charge in [-0.2, -0.15) is 16.9 Å². The summed E-state index contributed by atoms with van der Waals surface area (Å²) >= 11 is 8.22. The normalized spacial score (nSPS) is 13.8. The van der Waals surface area contributed by atoms with E-state index in [1.165, 1.54) is 0 Å². The van der Waals surface area contributed by atoms with Crippen LogP contribution in [0.2, 0.25) is 5.02 Å². The summed E-state index contributed by atoms with van der Waals surface area (Å²) in [5, 5.41) is 5.20. The molecule has 0 amide bonds. The Morgan fingerprint density at radius 2 is 2.11 bits per heavy atom. The highest BCUT2D eigenvalue weighted by molar-refractivity contribution is 8.00. The van der Waals surface area contributed by atoms with Crippen molar-refractivity contribution in [3.63, 3.8) is 0 Å². The largest absolute Gasteiger partial charge is 0.271 e. The molecule has 6 heteroatoms. The zero-order valence-corrected chi connectivity index (χ0v) is 14.0. The van der Waals surface area contributed by atoms with Crippen molar-refractivity contribution in [1.82, 2.24) is 15.2 Å². The molecule has 0 aromatic carbocycles. The van der Waals surface area contributed by atoms with Gasteiger partial charge in [0.15, 0.2) is 0 Å². The summed E-state index contributed by atoms with van der Waals surface area (Å²) in [5.74, 6) is 6.61. The molecular weight excluding hydrogens is 280 g/mol.